The van der Waals surface area contributed by atoms with Crippen LogP contribution in [0, 0.1) is 0 Å². The van der Waals surface area contributed by atoms with E-state index in [4.69, 9.17) is 4.74 Å². The van der Waals surface area contributed by atoms with Crippen molar-refractivity contribution in [2.75, 3.05) is 20.2 Å². The highest BCUT2D eigenvalue weighted by molar-refractivity contribution is 14.0. The first-order chi connectivity index (χ1) is 8.72. The highest BCUT2D eigenvalue weighted by Crippen LogP contribution is 2.20. The molecule has 0 heterocycles. The molecule has 1 saturated carbocycles. The number of aliphatic imine (C=N–C) groups is 1. The lowest BCUT2D eigenvalue weighted by Gasteiger charge is -2.22. The van der Waals surface area contributed by atoms with Crippen molar-refractivity contribution in [3.8, 4) is 0 Å². The van der Waals surface area contributed by atoms with Crippen LogP contribution in [-0.4, -0.2) is 38.3 Å². The topological polar surface area (TPSA) is 45.7 Å². The molecule has 0 unspecified atom stereocenters. The Balaban J connectivity index is 0.00000324. The van der Waals surface area contributed by atoms with Crippen LogP contribution in [0.25, 0.3) is 0 Å². The quantitative estimate of drug-likeness (QED) is 0.321. The number of nitrogens with one attached hydrogen (secondary N) is 2. The summed E-state index contributed by atoms with van der Waals surface area (Å²) in [6, 6.07) is 0.412. The molecule has 0 amide bonds. The molecule has 0 aromatic carbocycles. The van der Waals surface area contributed by atoms with Crippen LogP contribution in [0.5, 0.6) is 0 Å². The van der Waals surface area contributed by atoms with E-state index in [1.54, 1.807) is 7.05 Å². The summed E-state index contributed by atoms with van der Waals surface area (Å²) < 4.78 is 5.88. The molecule has 1 rings (SSSR count). The Morgan fingerprint density at radius 2 is 1.95 bits per heavy atom. The van der Waals surface area contributed by atoms with Gasteiger partial charge in [0.2, 0.25) is 0 Å². The molecule has 0 spiro atoms. The Morgan fingerprint density at radius 1 is 1.26 bits per heavy atom. The number of hydrogen-bond donors (Lipinski definition) is 2. The minimum absolute atomic E-state index is 0. The van der Waals surface area contributed by atoms with Crippen LogP contribution >= 0.6 is 24.0 Å². The average Bonchev–Trinajstić information content (AvgIpc) is 2.37. The number of nitrogens with zero attached hydrogens (tertiary/aromatic N) is 1. The molecule has 0 bridgehead atoms. The third kappa shape index (κ3) is 9.49. The second kappa shape index (κ2) is 11.8. The zero-order valence-corrected chi connectivity index (χ0v) is 14.9. The largest absolute Gasteiger partial charge is 0.378 e. The Kier molecular flexibility index (Phi) is 11.7. The van der Waals surface area contributed by atoms with Crippen molar-refractivity contribution in [1.82, 2.24) is 10.6 Å². The first kappa shape index (κ1) is 19.0. The van der Waals surface area contributed by atoms with E-state index in [9.17, 15) is 0 Å². The van der Waals surface area contributed by atoms with Crippen LogP contribution < -0.4 is 10.6 Å². The molecule has 19 heavy (non-hydrogen) atoms. The van der Waals surface area contributed by atoms with Gasteiger partial charge in [-0.3, -0.25) is 4.99 Å². The van der Waals surface area contributed by atoms with Gasteiger partial charge in [0.1, 0.15) is 0 Å². The lowest BCUT2D eigenvalue weighted by Crippen LogP contribution is -2.41. The first-order valence-corrected chi connectivity index (χ1v) is 7.31. The van der Waals surface area contributed by atoms with Crippen LogP contribution in [0.15, 0.2) is 4.99 Å². The zero-order chi connectivity index (χ0) is 13.2. The van der Waals surface area contributed by atoms with Crippen molar-refractivity contribution in [1.29, 1.82) is 0 Å². The zero-order valence-electron chi connectivity index (χ0n) is 12.6. The second-order valence-corrected chi connectivity index (χ2v) is 5.28. The average molecular weight is 383 g/mol. The minimum atomic E-state index is 0. The Hall–Kier alpha value is -0.0400. The van der Waals surface area contributed by atoms with Gasteiger partial charge in [-0.2, -0.15) is 0 Å². The third-order valence-electron chi connectivity index (χ3n) is 3.17. The molecule has 0 radical (unpaired) electrons. The molecule has 0 aliphatic heterocycles. The van der Waals surface area contributed by atoms with Gasteiger partial charge in [0.25, 0.3) is 0 Å². The number of hydrogen-bond acceptors (Lipinski definition) is 2. The maximum Gasteiger partial charge on any atom is 0.191 e. The first-order valence-electron chi connectivity index (χ1n) is 7.31. The van der Waals surface area contributed by atoms with Crippen LogP contribution in [0.3, 0.4) is 0 Å². The summed E-state index contributed by atoms with van der Waals surface area (Å²) in [5, 5.41) is 6.57. The van der Waals surface area contributed by atoms with E-state index < -0.39 is 0 Å². The molecule has 1 fully saturated rings. The van der Waals surface area contributed by atoms with Crippen molar-refractivity contribution in [3.63, 3.8) is 0 Å². The molecule has 0 saturated heterocycles. The summed E-state index contributed by atoms with van der Waals surface area (Å²) >= 11 is 0. The normalized spacial score (nSPS) is 17.2. The second-order valence-electron chi connectivity index (χ2n) is 5.28. The van der Waals surface area contributed by atoms with Gasteiger partial charge < -0.3 is 15.4 Å². The van der Waals surface area contributed by atoms with E-state index in [2.05, 4.69) is 29.5 Å². The smallest absolute Gasteiger partial charge is 0.191 e. The number of halogens is 1. The Bertz CT molecular complexity index is 241. The van der Waals surface area contributed by atoms with Gasteiger partial charge in [0, 0.05) is 26.2 Å². The van der Waals surface area contributed by atoms with Crippen LogP contribution in [0.1, 0.15) is 52.4 Å². The van der Waals surface area contributed by atoms with Gasteiger partial charge in [-0.1, -0.05) is 19.3 Å². The number of rotatable bonds is 6. The predicted octanol–water partition coefficient (Wildman–Crippen LogP) is 2.92. The lowest BCUT2D eigenvalue weighted by molar-refractivity contribution is 0.0277. The minimum Gasteiger partial charge on any atom is -0.378 e. The fraction of sp³-hybridized carbons (Fsp3) is 0.929. The monoisotopic (exact) mass is 383 g/mol. The summed E-state index contributed by atoms with van der Waals surface area (Å²) in [6.07, 6.45) is 8.13. The molecule has 1 aliphatic rings. The summed E-state index contributed by atoms with van der Waals surface area (Å²) in [5.74, 6) is 0.877. The van der Waals surface area contributed by atoms with Crippen LogP contribution in [0.2, 0.25) is 0 Å². The van der Waals surface area contributed by atoms with E-state index in [0.29, 0.717) is 12.1 Å². The molecule has 0 aromatic heterocycles. The molecule has 1 aliphatic carbocycles. The van der Waals surface area contributed by atoms with Gasteiger partial charge in [0.05, 0.1) is 6.10 Å². The fourth-order valence-electron chi connectivity index (χ4n) is 2.23. The number of ether oxygens (including phenoxy) is 1. The molecule has 0 aromatic rings. The van der Waals surface area contributed by atoms with Crippen molar-refractivity contribution < 1.29 is 4.74 Å². The van der Waals surface area contributed by atoms with Gasteiger partial charge >= 0.3 is 0 Å². The summed E-state index contributed by atoms with van der Waals surface area (Å²) in [6.45, 7) is 5.99. The predicted molar refractivity (Wildman–Crippen MR) is 92.5 cm³/mol. The van der Waals surface area contributed by atoms with Gasteiger partial charge in [-0.25, -0.2) is 0 Å². The third-order valence-corrected chi connectivity index (χ3v) is 3.17. The van der Waals surface area contributed by atoms with Crippen molar-refractivity contribution in [2.45, 2.75) is 64.5 Å². The molecule has 0 atom stereocenters. The van der Waals surface area contributed by atoms with E-state index >= 15 is 0 Å². The SMILES string of the molecule is CN=C(NCCCOC1CCCCC1)NC(C)C.I. The molecular weight excluding hydrogens is 353 g/mol. The molecule has 4 nitrogen and oxygen atoms in total. The van der Waals surface area contributed by atoms with Gasteiger partial charge in [-0.05, 0) is 33.1 Å². The lowest BCUT2D eigenvalue weighted by atomic mass is 9.98. The highest BCUT2D eigenvalue weighted by atomic mass is 127. The van der Waals surface area contributed by atoms with Crippen LogP contribution in [-0.2, 0) is 4.74 Å². The summed E-state index contributed by atoms with van der Waals surface area (Å²) in [4.78, 5) is 4.17. The Labute approximate surface area is 135 Å². The van der Waals surface area contributed by atoms with E-state index in [1.165, 1.54) is 32.1 Å². The summed E-state index contributed by atoms with van der Waals surface area (Å²) in [5.41, 5.74) is 0. The molecule has 2 N–H and O–H groups in total. The number of guanidine groups is 1. The Morgan fingerprint density at radius 3 is 2.53 bits per heavy atom. The van der Waals surface area contributed by atoms with E-state index in [0.717, 1.165) is 25.5 Å². The highest BCUT2D eigenvalue weighted by Gasteiger charge is 2.12. The van der Waals surface area contributed by atoms with E-state index in [1.807, 2.05) is 0 Å². The standard InChI is InChI=1S/C14H29N3O.HI/c1-12(2)17-14(15-3)16-10-7-11-18-13-8-5-4-6-9-13;/h12-13H,4-11H2,1-3H3,(H2,15,16,17);1H. The van der Waals surface area contributed by atoms with Crippen molar-refractivity contribution >= 4 is 29.9 Å². The molecular formula is C14H30IN3O. The summed E-state index contributed by atoms with van der Waals surface area (Å²) in [7, 11) is 1.80. The maximum absolute atomic E-state index is 5.88. The molecule has 114 valence electrons. The van der Waals surface area contributed by atoms with Gasteiger partial charge in [-0.15, -0.1) is 24.0 Å². The van der Waals surface area contributed by atoms with E-state index in [-0.39, 0.29) is 24.0 Å². The van der Waals surface area contributed by atoms with Crippen molar-refractivity contribution in [2.24, 2.45) is 4.99 Å². The van der Waals surface area contributed by atoms with Crippen LogP contribution in [0.4, 0.5) is 0 Å². The van der Waals surface area contributed by atoms with Crippen molar-refractivity contribution in [3.05, 3.63) is 0 Å². The maximum atomic E-state index is 5.88. The molecule has 5 heteroatoms. The van der Waals surface area contributed by atoms with Gasteiger partial charge in [0.15, 0.2) is 5.96 Å². The fourth-order valence-corrected chi connectivity index (χ4v) is 2.23.